The van der Waals surface area contributed by atoms with Crippen molar-refractivity contribution in [3.05, 3.63) is 84.0 Å². The lowest BCUT2D eigenvalue weighted by atomic mass is 10.1. The number of carbonyl (C=O) groups is 2. The Bertz CT molecular complexity index is 1280. The molecule has 0 aliphatic heterocycles. The second-order valence-electron chi connectivity index (χ2n) is 8.66. The number of ether oxygens (including phenoxy) is 2. The first-order valence-corrected chi connectivity index (χ1v) is 11.8. The van der Waals surface area contributed by atoms with Gasteiger partial charge in [0, 0.05) is 44.4 Å². The van der Waals surface area contributed by atoms with Crippen LogP contribution in [0.3, 0.4) is 0 Å². The summed E-state index contributed by atoms with van der Waals surface area (Å²) in [6.45, 7) is 5.13. The van der Waals surface area contributed by atoms with E-state index in [2.05, 4.69) is 26.8 Å². The van der Waals surface area contributed by atoms with Crippen LogP contribution in [0.25, 0.3) is 0 Å². The summed E-state index contributed by atoms with van der Waals surface area (Å²) in [5.74, 6) is 0.955. The number of methoxy groups -OCH3 is 2. The topological polar surface area (TPSA) is 96.9 Å². The van der Waals surface area contributed by atoms with Gasteiger partial charge in [0.1, 0.15) is 23.0 Å². The van der Waals surface area contributed by atoms with Crippen molar-refractivity contribution < 1.29 is 19.1 Å². The highest BCUT2D eigenvalue weighted by Gasteiger charge is 2.19. The Balaban J connectivity index is 1.97. The number of ketones is 1. The first-order valence-electron chi connectivity index (χ1n) is 11.8. The Morgan fingerprint density at radius 2 is 1.76 bits per heavy atom. The van der Waals surface area contributed by atoms with E-state index in [0.29, 0.717) is 28.6 Å². The fourth-order valence-corrected chi connectivity index (χ4v) is 3.76. The van der Waals surface area contributed by atoms with E-state index >= 15 is 0 Å². The van der Waals surface area contributed by atoms with Crippen molar-refractivity contribution in [2.75, 3.05) is 58.7 Å². The van der Waals surface area contributed by atoms with Gasteiger partial charge in [0.15, 0.2) is 0 Å². The molecule has 0 spiro atoms. The number of para-hydroxylation sites is 1. The number of carbonyl (C=O) groups excluding carboxylic acids is 2. The third kappa shape index (κ3) is 6.92. The molecule has 1 amide bonds. The molecule has 2 aromatic carbocycles. The molecule has 9 heteroatoms. The van der Waals surface area contributed by atoms with Crippen LogP contribution in [-0.4, -0.2) is 75.0 Å². The Kier molecular flexibility index (Phi) is 9.34. The largest absolute Gasteiger partial charge is 0.496 e. The minimum atomic E-state index is -0.320. The number of hydrogen-bond donors (Lipinski definition) is 1. The predicted molar refractivity (Wildman–Crippen MR) is 145 cm³/mol. The molecule has 0 saturated carbocycles. The molecule has 3 rings (SSSR count). The molecule has 1 aromatic heterocycles. The minimum Gasteiger partial charge on any atom is -0.496 e. The molecule has 1 heterocycles. The number of nitrogens with zero attached hydrogens (tertiary/aromatic N) is 4. The van der Waals surface area contributed by atoms with Crippen molar-refractivity contribution >= 4 is 23.1 Å². The molecular formula is C28H33N5O4. The van der Waals surface area contributed by atoms with E-state index in [1.54, 1.807) is 43.6 Å². The first kappa shape index (κ1) is 27.3. The molecule has 0 aliphatic rings. The van der Waals surface area contributed by atoms with Crippen LogP contribution in [0.4, 0.5) is 11.4 Å². The maximum Gasteiger partial charge on any atom is 0.247 e. The second-order valence-corrected chi connectivity index (χ2v) is 8.66. The molecular weight excluding hydrogens is 470 g/mol. The van der Waals surface area contributed by atoms with E-state index in [-0.39, 0.29) is 23.8 Å². The Morgan fingerprint density at radius 3 is 2.43 bits per heavy atom. The van der Waals surface area contributed by atoms with E-state index in [9.17, 15) is 9.59 Å². The lowest BCUT2D eigenvalue weighted by Gasteiger charge is -2.25. The summed E-state index contributed by atoms with van der Waals surface area (Å²) in [4.78, 5) is 38.3. The smallest absolute Gasteiger partial charge is 0.247 e. The first-order chi connectivity index (χ1) is 17.8. The van der Waals surface area contributed by atoms with Gasteiger partial charge >= 0.3 is 0 Å². The van der Waals surface area contributed by atoms with Crippen LogP contribution in [0.5, 0.6) is 11.5 Å². The van der Waals surface area contributed by atoms with E-state index < -0.39 is 0 Å². The Morgan fingerprint density at radius 1 is 1.03 bits per heavy atom. The van der Waals surface area contributed by atoms with E-state index in [1.807, 2.05) is 38.2 Å². The van der Waals surface area contributed by atoms with Crippen LogP contribution in [0.15, 0.2) is 61.3 Å². The SMILES string of the molecule is C=CC(=O)Nc1cc(Cc2nccc(C(=O)c3ccccc3OC)n2)c(OC)cc1N(C)CCN(C)C. The number of hydrogen-bond acceptors (Lipinski definition) is 8. The zero-order chi connectivity index (χ0) is 26.9. The highest BCUT2D eigenvalue weighted by Crippen LogP contribution is 2.34. The van der Waals surface area contributed by atoms with Crippen LogP contribution in [-0.2, 0) is 11.2 Å². The number of aromatic nitrogens is 2. The van der Waals surface area contributed by atoms with Crippen LogP contribution >= 0.6 is 0 Å². The summed E-state index contributed by atoms with van der Waals surface area (Å²) in [5.41, 5.74) is 2.86. The third-order valence-corrected chi connectivity index (χ3v) is 5.77. The zero-order valence-corrected chi connectivity index (χ0v) is 21.9. The Hall–Kier alpha value is -4.24. The fourth-order valence-electron chi connectivity index (χ4n) is 3.76. The number of nitrogens with one attached hydrogen (secondary N) is 1. The molecule has 37 heavy (non-hydrogen) atoms. The third-order valence-electron chi connectivity index (χ3n) is 5.77. The fraction of sp³-hybridized carbons (Fsp3) is 0.286. The average Bonchev–Trinajstić information content (AvgIpc) is 2.91. The molecule has 0 saturated heterocycles. The minimum absolute atomic E-state index is 0.258. The summed E-state index contributed by atoms with van der Waals surface area (Å²) in [6, 6.07) is 12.3. The lowest BCUT2D eigenvalue weighted by Crippen LogP contribution is -2.29. The molecule has 0 unspecified atom stereocenters. The molecule has 0 aliphatic carbocycles. The number of amides is 1. The van der Waals surface area contributed by atoms with Crippen molar-refractivity contribution in [1.29, 1.82) is 0 Å². The van der Waals surface area contributed by atoms with Gasteiger partial charge in [-0.1, -0.05) is 18.7 Å². The number of anilines is 2. The van der Waals surface area contributed by atoms with Gasteiger partial charge in [-0.2, -0.15) is 0 Å². The lowest BCUT2D eigenvalue weighted by molar-refractivity contribution is -0.111. The molecule has 1 N–H and O–H groups in total. The van der Waals surface area contributed by atoms with Gasteiger partial charge in [-0.15, -0.1) is 0 Å². The summed E-state index contributed by atoms with van der Waals surface area (Å²) in [6.07, 6.45) is 3.07. The molecule has 0 radical (unpaired) electrons. The molecule has 0 fully saturated rings. The quantitative estimate of drug-likeness (QED) is 0.297. The highest BCUT2D eigenvalue weighted by atomic mass is 16.5. The summed E-state index contributed by atoms with van der Waals surface area (Å²) in [5, 5.41) is 2.89. The second kappa shape index (κ2) is 12.6. The van der Waals surface area contributed by atoms with Crippen molar-refractivity contribution in [3.63, 3.8) is 0 Å². The molecule has 194 valence electrons. The van der Waals surface area contributed by atoms with Gasteiger partial charge in [-0.05, 0) is 44.4 Å². The van der Waals surface area contributed by atoms with Crippen molar-refractivity contribution in [1.82, 2.24) is 14.9 Å². The van der Waals surface area contributed by atoms with Gasteiger partial charge in [-0.25, -0.2) is 9.97 Å². The predicted octanol–water partition coefficient (Wildman–Crippen LogP) is 3.44. The van der Waals surface area contributed by atoms with Crippen LogP contribution in [0, 0.1) is 0 Å². The van der Waals surface area contributed by atoms with Crippen LogP contribution in [0.2, 0.25) is 0 Å². The standard InChI is InChI=1S/C28H33N5O4/c1-7-27(34)31-22-16-19(25(37-6)18-23(22)33(4)15-14-32(2)3)17-26-29-13-12-21(30-26)28(35)20-10-8-9-11-24(20)36-5/h7-13,16,18H,1,14-15,17H2,2-6H3,(H,31,34). The molecule has 3 aromatic rings. The van der Waals surface area contributed by atoms with Gasteiger partial charge in [-0.3, -0.25) is 9.59 Å². The number of likely N-dealkylation sites (N-methyl/N-ethyl adjacent to an activating group) is 2. The highest BCUT2D eigenvalue weighted by molar-refractivity contribution is 6.09. The van der Waals surface area contributed by atoms with Crippen molar-refractivity contribution in [2.24, 2.45) is 0 Å². The van der Waals surface area contributed by atoms with E-state index in [0.717, 1.165) is 24.3 Å². The monoisotopic (exact) mass is 503 g/mol. The van der Waals surface area contributed by atoms with Crippen molar-refractivity contribution in [2.45, 2.75) is 6.42 Å². The zero-order valence-electron chi connectivity index (χ0n) is 21.9. The molecule has 0 bridgehead atoms. The van der Waals surface area contributed by atoms with Crippen molar-refractivity contribution in [3.8, 4) is 11.5 Å². The van der Waals surface area contributed by atoms with E-state index in [4.69, 9.17) is 9.47 Å². The molecule has 0 atom stereocenters. The normalized spacial score (nSPS) is 10.6. The van der Waals surface area contributed by atoms with Gasteiger partial charge in [0.2, 0.25) is 11.7 Å². The maximum absolute atomic E-state index is 13.1. The average molecular weight is 504 g/mol. The van der Waals surface area contributed by atoms with Gasteiger partial charge < -0.3 is 24.6 Å². The van der Waals surface area contributed by atoms with Gasteiger partial charge in [0.05, 0.1) is 31.2 Å². The van der Waals surface area contributed by atoms with E-state index in [1.165, 1.54) is 13.2 Å². The summed E-state index contributed by atoms with van der Waals surface area (Å²) < 4.78 is 11.0. The molecule has 9 nitrogen and oxygen atoms in total. The van der Waals surface area contributed by atoms with Gasteiger partial charge in [0.25, 0.3) is 0 Å². The van der Waals surface area contributed by atoms with Crippen LogP contribution in [0.1, 0.15) is 27.4 Å². The van der Waals surface area contributed by atoms with Crippen LogP contribution < -0.4 is 19.7 Å². The number of rotatable bonds is 12. The number of benzene rings is 2. The Labute approximate surface area is 217 Å². The summed E-state index contributed by atoms with van der Waals surface area (Å²) in [7, 11) is 9.08. The maximum atomic E-state index is 13.1. The summed E-state index contributed by atoms with van der Waals surface area (Å²) >= 11 is 0.